The van der Waals surface area contributed by atoms with Crippen molar-refractivity contribution in [1.29, 1.82) is 0 Å². The van der Waals surface area contributed by atoms with Crippen LogP contribution in [0.5, 0.6) is 0 Å². The van der Waals surface area contributed by atoms with Crippen molar-refractivity contribution >= 4 is 11.6 Å². The van der Waals surface area contributed by atoms with E-state index in [1.54, 1.807) is 4.93 Å². The summed E-state index contributed by atoms with van der Waals surface area (Å²) in [6.45, 7) is 0. The molecule has 2 nitrogen and oxygen atoms in total. The average Bonchev–Trinajstić information content (AvgIpc) is 2.84. The summed E-state index contributed by atoms with van der Waals surface area (Å²) in [5.41, 5.74) is -10.4. The van der Waals surface area contributed by atoms with Gasteiger partial charge in [-0.25, -0.2) is 0 Å². The molecule has 0 saturated heterocycles. The minimum atomic E-state index is -5.27. The topological polar surface area (TPSA) is 34.1 Å². The Kier molecular flexibility index (Phi) is 8.41. The summed E-state index contributed by atoms with van der Waals surface area (Å²) in [4.78, 5) is 27.6. The number of carbonyl (C=O) groups is 2. The Morgan fingerprint density at radius 1 is 0.450 bits per heavy atom. The Labute approximate surface area is 227 Å². The number of hydrogen-bond donors (Lipinski definition) is 0. The minimum absolute atomic E-state index is 0.162. The molecule has 3 aromatic rings. The molecule has 0 amide bonds. The van der Waals surface area contributed by atoms with Crippen LogP contribution in [-0.2, 0) is 24.7 Å². The van der Waals surface area contributed by atoms with Gasteiger partial charge in [-0.2, -0.15) is 0 Å². The van der Waals surface area contributed by atoms with Crippen molar-refractivity contribution in [2.24, 2.45) is 0 Å². The SMILES string of the molecule is C[I-]c1cc(C(=O)c2cc(C(F)(F)F)cc(C(F)(F)F)c2)cc(C(=O)c2cc(C(F)(F)F)cc(C(F)(F)F)c2)c1. The van der Waals surface area contributed by atoms with Crippen LogP contribution < -0.4 is 21.2 Å². The third-order valence-electron chi connectivity index (χ3n) is 5.34. The van der Waals surface area contributed by atoms with Gasteiger partial charge in [-0.15, -0.1) is 0 Å². The predicted octanol–water partition coefficient (Wildman–Crippen LogP) is 5.11. The van der Waals surface area contributed by atoms with Gasteiger partial charge < -0.3 is 0 Å². The zero-order chi connectivity index (χ0) is 30.4. The van der Waals surface area contributed by atoms with Gasteiger partial charge in [-0.05, 0) is 0 Å². The quantitative estimate of drug-likeness (QED) is 0.161. The second-order valence-corrected chi connectivity index (χ2v) is 10.5. The number of halogens is 13. The van der Waals surface area contributed by atoms with E-state index in [9.17, 15) is 62.3 Å². The molecule has 0 spiro atoms. The van der Waals surface area contributed by atoms with Crippen molar-refractivity contribution in [1.82, 2.24) is 0 Å². The maximum atomic E-state index is 13.2. The number of carbonyl (C=O) groups excluding carboxylic acids is 2. The van der Waals surface area contributed by atoms with Crippen molar-refractivity contribution < 1.29 is 83.5 Å². The summed E-state index contributed by atoms with van der Waals surface area (Å²) in [6, 6.07) is 3.08. The molecule has 0 heterocycles. The zero-order valence-corrected chi connectivity index (χ0v) is 21.6. The molecule has 0 N–H and O–H groups in total. The van der Waals surface area contributed by atoms with Gasteiger partial charge in [0.15, 0.2) is 0 Å². The average molecular weight is 699 g/mol. The van der Waals surface area contributed by atoms with Crippen LogP contribution in [0, 0.1) is 3.57 Å². The van der Waals surface area contributed by atoms with Crippen LogP contribution in [-0.4, -0.2) is 16.5 Å². The fourth-order valence-electron chi connectivity index (χ4n) is 3.47. The first kappa shape index (κ1) is 31.4. The molecule has 0 bridgehead atoms. The van der Waals surface area contributed by atoms with Crippen LogP contribution >= 0.6 is 0 Å². The summed E-state index contributed by atoms with van der Waals surface area (Å²) >= 11 is -1.04. The Morgan fingerprint density at radius 3 is 0.925 bits per heavy atom. The van der Waals surface area contributed by atoms with Crippen LogP contribution in [0.3, 0.4) is 0 Å². The standard InChI is InChI=1S/C25H12F12IO2/c1-38-19-7-11(20(39)13-3-15(22(26,27)28)9-16(4-13)23(29,30)31)2-12(8-19)21(40)14-5-17(24(32,33)34)10-18(6-14)25(35,36)37/h2-10H,1H3/q-1. The van der Waals surface area contributed by atoms with E-state index < -0.39 is 102 Å². The molecule has 0 aliphatic carbocycles. The molecule has 0 saturated carbocycles. The van der Waals surface area contributed by atoms with Gasteiger partial charge in [0.25, 0.3) is 0 Å². The summed E-state index contributed by atoms with van der Waals surface area (Å²) in [5.74, 6) is -2.77. The molecule has 3 rings (SSSR count). The summed E-state index contributed by atoms with van der Waals surface area (Å²) in [7, 11) is 0. The number of alkyl halides is 13. The molecule has 0 radical (unpaired) electrons. The molecule has 15 heteroatoms. The summed E-state index contributed by atoms with van der Waals surface area (Å²) in [6.07, 6.45) is -21.1. The first-order valence-electron chi connectivity index (χ1n) is 10.4. The second-order valence-electron chi connectivity index (χ2n) is 8.16. The van der Waals surface area contributed by atoms with E-state index in [-0.39, 0.29) is 40.0 Å². The molecule has 0 fully saturated rings. The van der Waals surface area contributed by atoms with Gasteiger partial charge in [0.2, 0.25) is 0 Å². The number of ketones is 2. The Morgan fingerprint density at radius 2 is 0.700 bits per heavy atom. The Hall–Kier alpha value is -3.11. The molecule has 40 heavy (non-hydrogen) atoms. The normalized spacial score (nSPS) is 13.0. The van der Waals surface area contributed by atoms with Gasteiger partial charge in [0, 0.05) is 0 Å². The van der Waals surface area contributed by atoms with Gasteiger partial charge in [0.1, 0.15) is 0 Å². The summed E-state index contributed by atoms with van der Waals surface area (Å²) < 4.78 is 159. The Bertz CT molecular complexity index is 1290. The van der Waals surface area contributed by atoms with Gasteiger partial charge in [-0.3, -0.25) is 0 Å². The molecule has 0 aromatic heterocycles. The van der Waals surface area contributed by atoms with Crippen molar-refractivity contribution in [3.05, 3.63) is 103 Å². The van der Waals surface area contributed by atoms with E-state index in [0.717, 1.165) is 12.1 Å². The van der Waals surface area contributed by atoms with E-state index in [1.807, 2.05) is 0 Å². The molecule has 216 valence electrons. The van der Waals surface area contributed by atoms with E-state index in [4.69, 9.17) is 0 Å². The van der Waals surface area contributed by atoms with Gasteiger partial charge in [0.05, 0.1) is 0 Å². The van der Waals surface area contributed by atoms with E-state index in [1.165, 1.54) is 0 Å². The van der Waals surface area contributed by atoms with Crippen LogP contribution in [0.25, 0.3) is 0 Å². The third kappa shape index (κ3) is 7.14. The molecule has 0 atom stereocenters. The number of rotatable bonds is 5. The molecule has 3 aromatic carbocycles. The van der Waals surface area contributed by atoms with Crippen LogP contribution in [0.15, 0.2) is 54.6 Å². The molecule has 0 aliphatic heterocycles. The first-order chi connectivity index (χ1) is 18.1. The third-order valence-corrected chi connectivity index (χ3v) is 7.21. The Balaban J connectivity index is 2.18. The van der Waals surface area contributed by atoms with Crippen molar-refractivity contribution in [3.8, 4) is 0 Å². The molecule has 0 aliphatic rings. The maximum absolute atomic E-state index is 13.2. The predicted molar refractivity (Wildman–Crippen MR) is 111 cm³/mol. The van der Waals surface area contributed by atoms with Crippen molar-refractivity contribution in [2.75, 3.05) is 4.93 Å². The fraction of sp³-hybridized carbons (Fsp3) is 0.200. The van der Waals surface area contributed by atoms with E-state index >= 15 is 0 Å². The monoisotopic (exact) mass is 699 g/mol. The van der Waals surface area contributed by atoms with Gasteiger partial charge >= 0.3 is 227 Å². The summed E-state index contributed by atoms with van der Waals surface area (Å²) in [5, 5.41) is 0. The van der Waals surface area contributed by atoms with Crippen LogP contribution in [0.2, 0.25) is 0 Å². The van der Waals surface area contributed by atoms with Crippen LogP contribution in [0.4, 0.5) is 52.7 Å². The molecule has 0 unspecified atom stereocenters. The van der Waals surface area contributed by atoms with Gasteiger partial charge in [-0.1, -0.05) is 0 Å². The second kappa shape index (κ2) is 10.7. The molecular weight excluding hydrogens is 687 g/mol. The number of benzene rings is 3. The zero-order valence-electron chi connectivity index (χ0n) is 19.4. The molecular formula is C25H12F12IO2-. The van der Waals surface area contributed by atoms with Crippen LogP contribution in [0.1, 0.15) is 54.1 Å². The van der Waals surface area contributed by atoms with Crippen molar-refractivity contribution in [2.45, 2.75) is 24.7 Å². The van der Waals surface area contributed by atoms with E-state index in [0.29, 0.717) is 6.07 Å². The van der Waals surface area contributed by atoms with E-state index in [2.05, 4.69) is 0 Å². The first-order valence-corrected chi connectivity index (χ1v) is 13.7. The fourth-order valence-corrected chi connectivity index (χ4v) is 4.76. The van der Waals surface area contributed by atoms with Crippen molar-refractivity contribution in [3.63, 3.8) is 0 Å². The number of hydrogen-bond acceptors (Lipinski definition) is 2.